The van der Waals surface area contributed by atoms with Crippen molar-refractivity contribution in [3.8, 4) is 5.75 Å². The zero-order valence-electron chi connectivity index (χ0n) is 12.2. The molecule has 4 heteroatoms. The molecule has 0 radical (unpaired) electrons. The maximum atomic E-state index is 12.0. The molecule has 106 valence electrons. The SMILES string of the molecule is COc1cccc(CC(=O)NC(CN)C(C)(C)C)c1. The second kappa shape index (κ2) is 6.57. The number of ether oxygens (including phenoxy) is 1. The molecule has 0 aliphatic rings. The van der Waals surface area contributed by atoms with Gasteiger partial charge in [-0.2, -0.15) is 0 Å². The highest BCUT2D eigenvalue weighted by atomic mass is 16.5. The molecular formula is C15H24N2O2. The molecule has 0 bridgehead atoms. The molecule has 0 heterocycles. The fourth-order valence-electron chi connectivity index (χ4n) is 1.84. The number of rotatable bonds is 5. The standard InChI is InChI=1S/C15H24N2O2/c1-15(2,3)13(10-16)17-14(18)9-11-6-5-7-12(8-11)19-4/h5-8,13H,9-10,16H2,1-4H3,(H,17,18). The molecule has 0 saturated carbocycles. The minimum atomic E-state index is -0.0429. The largest absolute Gasteiger partial charge is 0.497 e. The van der Waals surface area contributed by atoms with Crippen LogP contribution in [0.1, 0.15) is 26.3 Å². The average Bonchev–Trinajstić information content (AvgIpc) is 2.34. The van der Waals surface area contributed by atoms with Crippen molar-refractivity contribution in [3.05, 3.63) is 29.8 Å². The summed E-state index contributed by atoms with van der Waals surface area (Å²) in [6.45, 7) is 6.64. The summed E-state index contributed by atoms with van der Waals surface area (Å²) in [5, 5.41) is 2.99. The Hall–Kier alpha value is -1.55. The topological polar surface area (TPSA) is 64.3 Å². The first-order valence-electron chi connectivity index (χ1n) is 6.49. The Labute approximate surface area is 115 Å². The maximum absolute atomic E-state index is 12.0. The van der Waals surface area contributed by atoms with E-state index in [9.17, 15) is 4.79 Å². The van der Waals surface area contributed by atoms with E-state index in [1.54, 1.807) is 7.11 Å². The number of benzene rings is 1. The van der Waals surface area contributed by atoms with Crippen LogP contribution in [0.4, 0.5) is 0 Å². The number of nitrogens with two attached hydrogens (primary N) is 1. The Kier molecular flexibility index (Phi) is 5.36. The lowest BCUT2D eigenvalue weighted by molar-refractivity contribution is -0.121. The van der Waals surface area contributed by atoms with Gasteiger partial charge in [-0.15, -0.1) is 0 Å². The molecule has 0 saturated heterocycles. The number of carbonyl (C=O) groups excluding carboxylic acids is 1. The first-order chi connectivity index (χ1) is 8.86. The van der Waals surface area contributed by atoms with E-state index in [0.29, 0.717) is 13.0 Å². The minimum absolute atomic E-state index is 0.0152. The van der Waals surface area contributed by atoms with Crippen LogP contribution in [0.5, 0.6) is 5.75 Å². The Bertz CT molecular complexity index is 424. The van der Waals surface area contributed by atoms with E-state index in [0.717, 1.165) is 11.3 Å². The summed E-state index contributed by atoms with van der Waals surface area (Å²) in [6.07, 6.45) is 0.337. The lowest BCUT2D eigenvalue weighted by Gasteiger charge is -2.30. The normalized spacial score (nSPS) is 12.9. The van der Waals surface area contributed by atoms with E-state index in [2.05, 4.69) is 26.1 Å². The lowest BCUT2D eigenvalue weighted by atomic mass is 9.86. The van der Waals surface area contributed by atoms with Crippen LogP contribution in [0.3, 0.4) is 0 Å². The molecule has 1 amide bonds. The highest BCUT2D eigenvalue weighted by Crippen LogP contribution is 2.18. The fraction of sp³-hybridized carbons (Fsp3) is 0.533. The van der Waals surface area contributed by atoms with Crippen molar-refractivity contribution in [2.45, 2.75) is 33.2 Å². The molecule has 0 spiro atoms. The van der Waals surface area contributed by atoms with Gasteiger partial charge in [-0.05, 0) is 23.1 Å². The molecule has 0 aliphatic carbocycles. The van der Waals surface area contributed by atoms with Gasteiger partial charge in [0.15, 0.2) is 0 Å². The molecule has 0 aliphatic heterocycles. The van der Waals surface area contributed by atoms with Crippen LogP contribution in [0.15, 0.2) is 24.3 Å². The van der Waals surface area contributed by atoms with E-state index in [-0.39, 0.29) is 17.4 Å². The van der Waals surface area contributed by atoms with E-state index >= 15 is 0 Å². The number of hydrogen-bond acceptors (Lipinski definition) is 3. The molecule has 0 fully saturated rings. The quantitative estimate of drug-likeness (QED) is 0.851. The van der Waals surface area contributed by atoms with Crippen LogP contribution >= 0.6 is 0 Å². The van der Waals surface area contributed by atoms with Crippen molar-refractivity contribution in [3.63, 3.8) is 0 Å². The zero-order valence-corrected chi connectivity index (χ0v) is 12.2. The van der Waals surface area contributed by atoms with Crippen molar-refractivity contribution in [2.24, 2.45) is 11.1 Å². The fourth-order valence-corrected chi connectivity index (χ4v) is 1.84. The molecule has 1 unspecified atom stereocenters. The van der Waals surface area contributed by atoms with Crippen LogP contribution in [0.25, 0.3) is 0 Å². The van der Waals surface area contributed by atoms with Crippen LogP contribution in [-0.4, -0.2) is 25.6 Å². The van der Waals surface area contributed by atoms with Crippen LogP contribution in [0, 0.1) is 5.41 Å². The first-order valence-corrected chi connectivity index (χ1v) is 6.49. The average molecular weight is 264 g/mol. The number of nitrogens with one attached hydrogen (secondary N) is 1. The number of carbonyl (C=O) groups is 1. The van der Waals surface area contributed by atoms with Gasteiger partial charge >= 0.3 is 0 Å². The summed E-state index contributed by atoms with van der Waals surface area (Å²) < 4.78 is 5.14. The summed E-state index contributed by atoms with van der Waals surface area (Å²) in [5.41, 5.74) is 6.60. The predicted octanol–water partition coefficient (Wildman–Crippen LogP) is 1.73. The van der Waals surface area contributed by atoms with E-state index in [1.165, 1.54) is 0 Å². The van der Waals surface area contributed by atoms with Gasteiger partial charge in [0, 0.05) is 12.6 Å². The third kappa shape index (κ3) is 4.91. The number of methoxy groups -OCH3 is 1. The van der Waals surface area contributed by atoms with Gasteiger partial charge in [-0.25, -0.2) is 0 Å². The van der Waals surface area contributed by atoms with Gasteiger partial charge in [0.05, 0.1) is 13.5 Å². The highest BCUT2D eigenvalue weighted by Gasteiger charge is 2.24. The smallest absolute Gasteiger partial charge is 0.224 e. The molecule has 3 N–H and O–H groups in total. The van der Waals surface area contributed by atoms with Crippen molar-refractivity contribution in [2.75, 3.05) is 13.7 Å². The molecule has 1 aromatic carbocycles. The van der Waals surface area contributed by atoms with Crippen LogP contribution in [-0.2, 0) is 11.2 Å². The van der Waals surface area contributed by atoms with Gasteiger partial charge in [0.1, 0.15) is 5.75 Å². The predicted molar refractivity (Wildman–Crippen MR) is 77.1 cm³/mol. The number of hydrogen-bond donors (Lipinski definition) is 2. The van der Waals surface area contributed by atoms with Gasteiger partial charge < -0.3 is 15.8 Å². The van der Waals surface area contributed by atoms with Gasteiger partial charge in [-0.1, -0.05) is 32.9 Å². The summed E-state index contributed by atoms with van der Waals surface area (Å²) in [5.74, 6) is 0.745. The van der Waals surface area contributed by atoms with Crippen molar-refractivity contribution >= 4 is 5.91 Å². The Morgan fingerprint density at radius 1 is 1.42 bits per heavy atom. The second-order valence-corrected chi connectivity index (χ2v) is 5.75. The van der Waals surface area contributed by atoms with Gasteiger partial charge in [0.2, 0.25) is 5.91 Å². The third-order valence-corrected chi connectivity index (χ3v) is 3.12. The van der Waals surface area contributed by atoms with Crippen LogP contribution < -0.4 is 15.8 Å². The monoisotopic (exact) mass is 264 g/mol. The molecule has 4 nitrogen and oxygen atoms in total. The van der Waals surface area contributed by atoms with Crippen molar-refractivity contribution in [1.29, 1.82) is 0 Å². The van der Waals surface area contributed by atoms with E-state index in [1.807, 2.05) is 24.3 Å². The maximum Gasteiger partial charge on any atom is 0.224 e. The minimum Gasteiger partial charge on any atom is -0.497 e. The molecule has 1 aromatic rings. The molecule has 0 aromatic heterocycles. The van der Waals surface area contributed by atoms with Crippen molar-refractivity contribution < 1.29 is 9.53 Å². The third-order valence-electron chi connectivity index (χ3n) is 3.12. The first kappa shape index (κ1) is 15.5. The summed E-state index contributed by atoms with van der Waals surface area (Å²) >= 11 is 0. The summed E-state index contributed by atoms with van der Waals surface area (Å²) in [6, 6.07) is 7.50. The summed E-state index contributed by atoms with van der Waals surface area (Å²) in [4.78, 5) is 12.0. The molecule has 1 atom stereocenters. The van der Waals surface area contributed by atoms with Crippen LogP contribution in [0.2, 0.25) is 0 Å². The van der Waals surface area contributed by atoms with E-state index in [4.69, 9.17) is 10.5 Å². The van der Waals surface area contributed by atoms with Gasteiger partial charge in [-0.3, -0.25) is 4.79 Å². The molecular weight excluding hydrogens is 240 g/mol. The van der Waals surface area contributed by atoms with E-state index < -0.39 is 0 Å². The number of amides is 1. The summed E-state index contributed by atoms with van der Waals surface area (Å²) in [7, 11) is 1.61. The Morgan fingerprint density at radius 2 is 2.11 bits per heavy atom. The highest BCUT2D eigenvalue weighted by molar-refractivity contribution is 5.79. The Morgan fingerprint density at radius 3 is 2.63 bits per heavy atom. The van der Waals surface area contributed by atoms with Crippen molar-refractivity contribution in [1.82, 2.24) is 5.32 Å². The molecule has 1 rings (SSSR count). The Balaban J connectivity index is 2.64. The molecule has 19 heavy (non-hydrogen) atoms. The lowest BCUT2D eigenvalue weighted by Crippen LogP contribution is -2.48. The van der Waals surface area contributed by atoms with Gasteiger partial charge in [0.25, 0.3) is 0 Å². The second-order valence-electron chi connectivity index (χ2n) is 5.75. The zero-order chi connectivity index (χ0) is 14.5.